The molecule has 0 aromatic rings. The number of rotatable bonds is 1. The second kappa shape index (κ2) is 2.36. The Morgan fingerprint density at radius 3 is 2.89 bits per heavy atom. The van der Waals surface area contributed by atoms with Gasteiger partial charge in [0, 0.05) is 12.2 Å². The maximum Gasteiger partial charge on any atom is 0.177 e. The summed E-state index contributed by atoms with van der Waals surface area (Å²) in [5.74, 6) is 0.0144. The lowest BCUT2D eigenvalue weighted by Crippen LogP contribution is -1.82. The van der Waals surface area contributed by atoms with Crippen molar-refractivity contribution in [2.75, 3.05) is 7.11 Å². The molecule has 0 N–H and O–H groups in total. The van der Waals surface area contributed by atoms with Crippen LogP contribution in [-0.2, 0) is 4.74 Å². The Morgan fingerprint density at radius 1 is 1.67 bits per heavy atom. The second-order valence-electron chi connectivity index (χ2n) is 1.51. The van der Waals surface area contributed by atoms with Gasteiger partial charge in [0.05, 0.1) is 7.11 Å². The molecule has 0 amide bonds. The third-order valence-corrected chi connectivity index (χ3v) is 0.911. The van der Waals surface area contributed by atoms with Gasteiger partial charge in [-0.2, -0.15) is 4.39 Å². The molecule has 1 nitrogen and oxygen atoms in total. The zero-order chi connectivity index (χ0) is 6.69. The molecule has 46 valence electrons. The molecule has 0 saturated carbocycles. The Bertz CT molecular complexity index is 238. The third-order valence-electron chi connectivity index (χ3n) is 0.911. The molecule has 0 bridgehead atoms. The van der Waals surface area contributed by atoms with E-state index in [4.69, 9.17) is 4.74 Å². The normalized spacial score (nSPS) is 14.9. The Hall–Kier alpha value is -1.23. The minimum Gasteiger partial charge on any atom is -0.496 e. The molecule has 0 unspecified atom stereocenters. The van der Waals surface area contributed by atoms with Crippen LogP contribution >= 0.6 is 0 Å². The maximum atomic E-state index is 12.2. The average molecular weight is 124 g/mol. The maximum absolute atomic E-state index is 12.2. The summed E-state index contributed by atoms with van der Waals surface area (Å²) in [6.07, 6.45) is 2.76. The summed E-state index contributed by atoms with van der Waals surface area (Å²) in [7, 11) is 1.47. The van der Waals surface area contributed by atoms with Crippen LogP contribution in [0.3, 0.4) is 0 Å². The number of hydrogen-bond donors (Lipinski definition) is 0. The van der Waals surface area contributed by atoms with Crippen LogP contribution in [0.2, 0.25) is 0 Å². The van der Waals surface area contributed by atoms with Crippen LogP contribution in [0.4, 0.5) is 4.39 Å². The van der Waals surface area contributed by atoms with Gasteiger partial charge in [-0.25, -0.2) is 0 Å². The summed E-state index contributed by atoms with van der Waals surface area (Å²) in [5.41, 5.74) is 4.69. The van der Waals surface area contributed by atoms with E-state index in [2.05, 4.69) is 11.5 Å². The summed E-state index contributed by atoms with van der Waals surface area (Å²) >= 11 is 0. The molecule has 0 fully saturated rings. The first-order chi connectivity index (χ1) is 4.33. The van der Waals surface area contributed by atoms with Crippen molar-refractivity contribution in [2.45, 2.75) is 0 Å². The van der Waals surface area contributed by atoms with Crippen LogP contribution in [0.1, 0.15) is 0 Å². The van der Waals surface area contributed by atoms with Gasteiger partial charge in [-0.05, 0) is 5.73 Å². The molecule has 1 aliphatic carbocycles. The number of allylic oxidation sites excluding steroid dienone is 3. The zero-order valence-corrected chi connectivity index (χ0v) is 4.94. The van der Waals surface area contributed by atoms with Crippen LogP contribution in [0.5, 0.6) is 0 Å². The largest absolute Gasteiger partial charge is 0.496 e. The van der Waals surface area contributed by atoms with Crippen LogP contribution in [0.25, 0.3) is 0 Å². The van der Waals surface area contributed by atoms with Crippen molar-refractivity contribution in [1.29, 1.82) is 0 Å². The molecular weight excluding hydrogens is 119 g/mol. The number of hydrogen-bond acceptors (Lipinski definition) is 1. The molecule has 0 saturated heterocycles. The van der Waals surface area contributed by atoms with E-state index in [9.17, 15) is 4.39 Å². The standard InChI is InChI=1S/C7H5FO/c1-9-7-4-2-3-6(8)5-7/h4-5H,1H3. The van der Waals surface area contributed by atoms with E-state index in [1.807, 2.05) is 0 Å². The van der Waals surface area contributed by atoms with E-state index in [1.165, 1.54) is 19.3 Å². The topological polar surface area (TPSA) is 9.23 Å². The Labute approximate surface area is 52.4 Å². The summed E-state index contributed by atoms with van der Waals surface area (Å²) in [5, 5.41) is 0. The summed E-state index contributed by atoms with van der Waals surface area (Å²) < 4.78 is 16.9. The monoisotopic (exact) mass is 124 g/mol. The first-order valence-corrected chi connectivity index (χ1v) is 2.46. The smallest absolute Gasteiger partial charge is 0.177 e. The number of methoxy groups -OCH3 is 1. The van der Waals surface area contributed by atoms with Gasteiger partial charge < -0.3 is 4.74 Å². The summed E-state index contributed by atoms with van der Waals surface area (Å²) in [4.78, 5) is 0. The molecule has 0 spiro atoms. The Kier molecular flexibility index (Phi) is 1.55. The predicted octanol–water partition coefficient (Wildman–Crippen LogP) is 1.69. The Morgan fingerprint density at radius 2 is 2.44 bits per heavy atom. The highest BCUT2D eigenvalue weighted by Gasteiger charge is 1.94. The van der Waals surface area contributed by atoms with Gasteiger partial charge in [0.2, 0.25) is 0 Å². The van der Waals surface area contributed by atoms with Crippen molar-refractivity contribution in [3.63, 3.8) is 0 Å². The summed E-state index contributed by atoms with van der Waals surface area (Å²) in [6.45, 7) is 0. The van der Waals surface area contributed by atoms with Gasteiger partial charge in [0.25, 0.3) is 0 Å². The zero-order valence-electron chi connectivity index (χ0n) is 4.94. The van der Waals surface area contributed by atoms with E-state index in [0.717, 1.165) is 0 Å². The SMILES string of the molecule is COC1=CC(F)=C=C=C1. The second-order valence-corrected chi connectivity index (χ2v) is 1.51. The molecule has 9 heavy (non-hydrogen) atoms. The van der Waals surface area contributed by atoms with Gasteiger partial charge >= 0.3 is 0 Å². The first kappa shape index (κ1) is 5.90. The number of halogens is 1. The lowest BCUT2D eigenvalue weighted by Gasteiger charge is -1.96. The van der Waals surface area contributed by atoms with Gasteiger partial charge in [-0.15, -0.1) is 0 Å². The van der Waals surface area contributed by atoms with Crippen LogP contribution < -0.4 is 0 Å². The van der Waals surface area contributed by atoms with Crippen molar-refractivity contribution in [3.8, 4) is 0 Å². The van der Waals surface area contributed by atoms with Crippen LogP contribution in [0, 0.1) is 0 Å². The van der Waals surface area contributed by atoms with E-state index < -0.39 is 5.83 Å². The molecule has 0 aliphatic heterocycles. The quantitative estimate of drug-likeness (QED) is 0.483. The van der Waals surface area contributed by atoms with Crippen molar-refractivity contribution in [3.05, 3.63) is 35.2 Å². The van der Waals surface area contributed by atoms with Gasteiger partial charge in [0.1, 0.15) is 5.76 Å². The molecule has 0 aromatic heterocycles. The van der Waals surface area contributed by atoms with Crippen LogP contribution in [-0.4, -0.2) is 7.11 Å². The van der Waals surface area contributed by atoms with E-state index in [1.54, 1.807) is 0 Å². The van der Waals surface area contributed by atoms with Crippen molar-refractivity contribution in [1.82, 2.24) is 0 Å². The highest BCUT2D eigenvalue weighted by atomic mass is 19.1. The fourth-order valence-corrected chi connectivity index (χ4v) is 0.497. The number of ether oxygens (including phenoxy) is 1. The minimum absolute atomic E-state index is 0.450. The fraction of sp³-hybridized carbons (Fsp3) is 0.143. The molecule has 0 radical (unpaired) electrons. The molecule has 1 rings (SSSR count). The van der Waals surface area contributed by atoms with Crippen molar-refractivity contribution < 1.29 is 9.13 Å². The lowest BCUT2D eigenvalue weighted by atomic mass is 10.3. The van der Waals surface area contributed by atoms with Gasteiger partial charge in [-0.3, -0.25) is 0 Å². The highest BCUT2D eigenvalue weighted by Crippen LogP contribution is 2.07. The first-order valence-electron chi connectivity index (χ1n) is 2.46. The molecule has 2 heteroatoms. The average Bonchev–Trinajstić information content (AvgIpc) is 1.88. The van der Waals surface area contributed by atoms with Crippen molar-refractivity contribution >= 4 is 0 Å². The van der Waals surface area contributed by atoms with Crippen molar-refractivity contribution in [2.24, 2.45) is 0 Å². The molecular formula is C7H5FO. The summed E-state index contributed by atoms with van der Waals surface area (Å²) in [6, 6.07) is 0. The third kappa shape index (κ3) is 1.33. The fourth-order valence-electron chi connectivity index (χ4n) is 0.497. The molecule has 0 heterocycles. The molecule has 1 aliphatic rings. The van der Waals surface area contributed by atoms with Gasteiger partial charge in [0.15, 0.2) is 5.83 Å². The minimum atomic E-state index is -0.450. The Balaban J connectivity index is 2.92. The highest BCUT2D eigenvalue weighted by molar-refractivity contribution is 5.25. The molecule has 0 aromatic carbocycles. The van der Waals surface area contributed by atoms with Crippen LogP contribution in [0.15, 0.2) is 35.2 Å². The van der Waals surface area contributed by atoms with E-state index >= 15 is 0 Å². The van der Waals surface area contributed by atoms with E-state index in [-0.39, 0.29) is 0 Å². The lowest BCUT2D eigenvalue weighted by molar-refractivity contribution is 0.305. The molecule has 0 atom stereocenters. The van der Waals surface area contributed by atoms with Gasteiger partial charge in [-0.1, -0.05) is 5.73 Å². The predicted molar refractivity (Wildman–Crippen MR) is 31.3 cm³/mol. The van der Waals surface area contributed by atoms with E-state index in [0.29, 0.717) is 5.76 Å².